The van der Waals surface area contributed by atoms with Gasteiger partial charge in [0, 0.05) is 45.4 Å². The van der Waals surface area contributed by atoms with E-state index in [1.807, 2.05) is 13.0 Å². The smallest absolute Gasteiger partial charge is 0.236 e. The maximum absolute atomic E-state index is 9.60. The first-order valence-electron chi connectivity index (χ1n) is 10.8. The van der Waals surface area contributed by atoms with Crippen LogP contribution in [-0.2, 0) is 6.54 Å². The third kappa shape index (κ3) is 4.85. The van der Waals surface area contributed by atoms with E-state index in [-0.39, 0.29) is 6.61 Å². The van der Waals surface area contributed by atoms with Crippen molar-refractivity contribution in [3.8, 4) is 10.8 Å². The van der Waals surface area contributed by atoms with Gasteiger partial charge in [-0.25, -0.2) is 4.98 Å². The van der Waals surface area contributed by atoms with Gasteiger partial charge in [-0.1, -0.05) is 25.3 Å². The number of oxazole rings is 1. The summed E-state index contributed by atoms with van der Waals surface area (Å²) in [6.45, 7) is 7.50. The zero-order valence-corrected chi connectivity index (χ0v) is 17.8. The van der Waals surface area contributed by atoms with Crippen molar-refractivity contribution in [1.29, 1.82) is 0 Å². The summed E-state index contributed by atoms with van der Waals surface area (Å²) in [6, 6.07) is 4.54. The summed E-state index contributed by atoms with van der Waals surface area (Å²) in [5.74, 6) is 2.52. The van der Waals surface area contributed by atoms with Gasteiger partial charge in [0.05, 0.1) is 10.6 Å². The fourth-order valence-electron chi connectivity index (χ4n) is 4.76. The van der Waals surface area contributed by atoms with Gasteiger partial charge in [0.2, 0.25) is 5.89 Å². The Kier molecular flexibility index (Phi) is 6.83. The molecule has 2 aromatic rings. The van der Waals surface area contributed by atoms with Crippen LogP contribution in [0.15, 0.2) is 21.9 Å². The van der Waals surface area contributed by atoms with Gasteiger partial charge in [-0.15, -0.1) is 11.3 Å². The normalized spacial score (nSPS) is 22.7. The quantitative estimate of drug-likeness (QED) is 0.752. The van der Waals surface area contributed by atoms with Crippen molar-refractivity contribution in [3.05, 3.63) is 29.0 Å². The molecule has 5 nitrogen and oxygen atoms in total. The average molecular weight is 404 g/mol. The Hall–Kier alpha value is -1.21. The molecule has 2 aliphatic rings. The number of aliphatic hydroxyl groups excluding tert-OH is 1. The second-order valence-corrected chi connectivity index (χ2v) is 9.35. The van der Waals surface area contributed by atoms with Crippen LogP contribution in [0.2, 0.25) is 0 Å². The van der Waals surface area contributed by atoms with Gasteiger partial charge >= 0.3 is 0 Å². The lowest BCUT2D eigenvalue weighted by atomic mass is 9.88. The summed E-state index contributed by atoms with van der Waals surface area (Å²) >= 11 is 1.66. The molecule has 0 spiro atoms. The molecule has 3 heterocycles. The summed E-state index contributed by atoms with van der Waals surface area (Å²) in [5, 5.41) is 11.7. The molecule has 1 saturated heterocycles. The topological polar surface area (TPSA) is 52.7 Å². The number of aryl methyl sites for hydroxylation is 1. The number of aliphatic hydroxyl groups is 1. The predicted octanol–water partition coefficient (Wildman–Crippen LogP) is 4.16. The van der Waals surface area contributed by atoms with Gasteiger partial charge < -0.3 is 9.52 Å². The first-order valence-corrected chi connectivity index (χ1v) is 11.7. The number of hydrogen-bond acceptors (Lipinski definition) is 6. The van der Waals surface area contributed by atoms with Gasteiger partial charge in [-0.2, -0.15) is 0 Å². The highest BCUT2D eigenvalue weighted by molar-refractivity contribution is 7.13. The van der Waals surface area contributed by atoms with Crippen molar-refractivity contribution in [3.63, 3.8) is 0 Å². The average Bonchev–Trinajstić information content (AvgIpc) is 3.35. The Bertz CT molecular complexity index is 724. The van der Waals surface area contributed by atoms with E-state index in [0.717, 1.165) is 60.7 Å². The molecule has 154 valence electrons. The van der Waals surface area contributed by atoms with Crippen molar-refractivity contribution in [1.82, 2.24) is 14.8 Å². The van der Waals surface area contributed by atoms with Gasteiger partial charge in [-0.05, 0) is 43.6 Å². The maximum atomic E-state index is 9.60. The minimum absolute atomic E-state index is 0.269. The van der Waals surface area contributed by atoms with Crippen LogP contribution in [0.4, 0.5) is 0 Å². The monoisotopic (exact) mass is 403 g/mol. The van der Waals surface area contributed by atoms with Crippen molar-refractivity contribution in [2.24, 2.45) is 5.92 Å². The van der Waals surface area contributed by atoms with Gasteiger partial charge in [0.15, 0.2) is 0 Å². The SMILES string of the molecule is Cc1oc(-c2cccs2)nc1CN1CCN(CC2CCCCC2)[C@H](CCO)C1. The summed E-state index contributed by atoms with van der Waals surface area (Å²) in [6.07, 6.45) is 7.84. The molecule has 2 aromatic heterocycles. The number of piperazine rings is 1. The molecule has 1 saturated carbocycles. The second-order valence-electron chi connectivity index (χ2n) is 8.40. The molecule has 2 fully saturated rings. The van der Waals surface area contributed by atoms with Crippen molar-refractivity contribution in [2.45, 2.75) is 58.0 Å². The van der Waals surface area contributed by atoms with Crippen LogP contribution < -0.4 is 0 Å². The largest absolute Gasteiger partial charge is 0.440 e. The van der Waals surface area contributed by atoms with Crippen LogP contribution in [0.25, 0.3) is 10.8 Å². The number of aromatic nitrogens is 1. The van der Waals surface area contributed by atoms with E-state index in [1.54, 1.807) is 11.3 Å². The van der Waals surface area contributed by atoms with Gasteiger partial charge in [-0.3, -0.25) is 9.80 Å². The molecule has 1 aliphatic carbocycles. The Balaban J connectivity index is 1.37. The van der Waals surface area contributed by atoms with Crippen LogP contribution in [0.5, 0.6) is 0 Å². The van der Waals surface area contributed by atoms with Crippen LogP contribution in [0, 0.1) is 12.8 Å². The molecule has 28 heavy (non-hydrogen) atoms. The van der Waals surface area contributed by atoms with Crippen LogP contribution >= 0.6 is 11.3 Å². The van der Waals surface area contributed by atoms with E-state index in [9.17, 15) is 5.11 Å². The molecule has 0 aromatic carbocycles. The molecular weight excluding hydrogens is 370 g/mol. The molecule has 1 aliphatic heterocycles. The molecular formula is C22H33N3O2S. The summed E-state index contributed by atoms with van der Waals surface area (Å²) in [4.78, 5) is 11.0. The lowest BCUT2D eigenvalue weighted by molar-refractivity contribution is 0.0394. The highest BCUT2D eigenvalue weighted by Crippen LogP contribution is 2.28. The molecule has 0 unspecified atom stereocenters. The van der Waals surface area contributed by atoms with Crippen LogP contribution in [0.3, 0.4) is 0 Å². The lowest BCUT2D eigenvalue weighted by Gasteiger charge is -2.43. The van der Waals surface area contributed by atoms with E-state index in [4.69, 9.17) is 9.40 Å². The van der Waals surface area contributed by atoms with E-state index in [2.05, 4.69) is 21.2 Å². The standard InChI is InChI=1S/C22H33N3O2S/c1-17-20(23-22(27-17)21-8-5-13-28-21)16-24-10-11-25(19(15-24)9-12-26)14-18-6-3-2-4-7-18/h5,8,13,18-19,26H,2-4,6-7,9-12,14-16H2,1H3/t19-/m1/s1. The summed E-state index contributed by atoms with van der Waals surface area (Å²) < 4.78 is 5.92. The zero-order chi connectivity index (χ0) is 19.3. The third-order valence-electron chi connectivity index (χ3n) is 6.37. The van der Waals surface area contributed by atoms with E-state index in [1.165, 1.54) is 38.6 Å². The predicted molar refractivity (Wildman–Crippen MR) is 113 cm³/mol. The second kappa shape index (κ2) is 9.53. The lowest BCUT2D eigenvalue weighted by Crippen LogP contribution is -2.54. The van der Waals surface area contributed by atoms with Crippen molar-refractivity contribution in [2.75, 3.05) is 32.8 Å². The summed E-state index contributed by atoms with van der Waals surface area (Å²) in [5.41, 5.74) is 1.05. The van der Waals surface area contributed by atoms with Crippen LogP contribution in [-0.4, -0.2) is 58.7 Å². The number of thiophene rings is 1. The highest BCUT2D eigenvalue weighted by Gasteiger charge is 2.29. The molecule has 0 amide bonds. The van der Waals surface area contributed by atoms with Crippen molar-refractivity contribution >= 4 is 11.3 Å². The third-order valence-corrected chi connectivity index (χ3v) is 7.22. The summed E-state index contributed by atoms with van der Waals surface area (Å²) in [7, 11) is 0. The zero-order valence-electron chi connectivity index (χ0n) is 17.0. The Morgan fingerprint density at radius 1 is 1.25 bits per heavy atom. The Morgan fingerprint density at radius 3 is 2.86 bits per heavy atom. The van der Waals surface area contributed by atoms with E-state index < -0.39 is 0 Å². The maximum Gasteiger partial charge on any atom is 0.236 e. The highest BCUT2D eigenvalue weighted by atomic mass is 32.1. The van der Waals surface area contributed by atoms with Gasteiger partial charge in [0.25, 0.3) is 0 Å². The first kappa shape index (κ1) is 20.1. The molecule has 6 heteroatoms. The van der Waals surface area contributed by atoms with Gasteiger partial charge in [0.1, 0.15) is 5.76 Å². The first-order chi connectivity index (χ1) is 13.7. The van der Waals surface area contributed by atoms with Crippen molar-refractivity contribution < 1.29 is 9.52 Å². The van der Waals surface area contributed by atoms with E-state index >= 15 is 0 Å². The molecule has 1 atom stereocenters. The number of nitrogens with zero attached hydrogens (tertiary/aromatic N) is 3. The Labute approximate surface area is 172 Å². The molecule has 4 rings (SSSR count). The number of rotatable bonds is 7. The number of hydrogen-bond donors (Lipinski definition) is 1. The molecule has 0 bridgehead atoms. The Morgan fingerprint density at radius 2 is 2.11 bits per heavy atom. The minimum Gasteiger partial charge on any atom is -0.440 e. The molecule has 1 N–H and O–H groups in total. The van der Waals surface area contributed by atoms with Crippen LogP contribution in [0.1, 0.15) is 50.0 Å². The molecule has 0 radical (unpaired) electrons. The minimum atomic E-state index is 0.269. The van der Waals surface area contributed by atoms with E-state index in [0.29, 0.717) is 6.04 Å². The fraction of sp³-hybridized carbons (Fsp3) is 0.682. The fourth-order valence-corrected chi connectivity index (χ4v) is 5.41.